The lowest BCUT2D eigenvalue weighted by molar-refractivity contribution is 0.0514. The van der Waals surface area contributed by atoms with E-state index >= 15 is 0 Å². The molecule has 204 valence electrons. The van der Waals surface area contributed by atoms with Crippen LogP contribution in [0.5, 0.6) is 0 Å². The maximum absolute atomic E-state index is 13.1. The molecule has 8 heteroatoms. The van der Waals surface area contributed by atoms with Crippen molar-refractivity contribution in [2.75, 3.05) is 32.8 Å². The van der Waals surface area contributed by atoms with Crippen LogP contribution in [0.1, 0.15) is 48.2 Å². The maximum atomic E-state index is 13.1. The lowest BCUT2D eigenvalue weighted by Crippen LogP contribution is -2.43. The topological polar surface area (TPSA) is 97.0 Å². The zero-order valence-electron chi connectivity index (χ0n) is 22.6. The molecule has 0 saturated heterocycles. The van der Waals surface area contributed by atoms with Crippen LogP contribution >= 0.6 is 0 Å². The molecule has 0 aliphatic heterocycles. The first-order valence-electron chi connectivity index (χ1n) is 13.1. The second kappa shape index (κ2) is 12.5. The standard InChI is InChI=1S/C31H35N3O5/c1-31(2,3)39-30(37)33-18-20-34(28(35)22-11-5-4-6-12-22)19-17-32-29(36)38-21-27-25-15-9-7-13-23(25)24-14-8-10-16-26(24)27/h4-16,27H,17-21H2,1-3H3,(H,32,36)(H,33,37). The number of carbonyl (C=O) groups excluding carboxylic acids is 3. The molecule has 0 unspecified atom stereocenters. The van der Waals surface area contributed by atoms with Crippen molar-refractivity contribution in [1.29, 1.82) is 0 Å². The maximum Gasteiger partial charge on any atom is 0.407 e. The van der Waals surface area contributed by atoms with E-state index in [0.717, 1.165) is 22.3 Å². The number of hydrogen-bond donors (Lipinski definition) is 2. The van der Waals surface area contributed by atoms with E-state index in [2.05, 4.69) is 34.9 Å². The SMILES string of the molecule is CC(C)(C)OC(=O)NCCN(CCNC(=O)OCC1c2ccccc2-c2ccccc21)C(=O)c1ccccc1. The van der Waals surface area contributed by atoms with E-state index in [1.54, 1.807) is 49.9 Å². The van der Waals surface area contributed by atoms with Crippen LogP contribution in [-0.2, 0) is 9.47 Å². The Morgan fingerprint density at radius 1 is 0.744 bits per heavy atom. The van der Waals surface area contributed by atoms with Crippen LogP contribution in [0.4, 0.5) is 9.59 Å². The van der Waals surface area contributed by atoms with Crippen LogP contribution in [0.25, 0.3) is 11.1 Å². The molecule has 39 heavy (non-hydrogen) atoms. The van der Waals surface area contributed by atoms with Crippen molar-refractivity contribution in [1.82, 2.24) is 15.5 Å². The summed E-state index contributed by atoms with van der Waals surface area (Å²) in [4.78, 5) is 39.3. The van der Waals surface area contributed by atoms with Gasteiger partial charge in [-0.1, -0.05) is 66.7 Å². The number of carbonyl (C=O) groups is 3. The fourth-order valence-electron chi connectivity index (χ4n) is 4.63. The Morgan fingerprint density at radius 3 is 1.82 bits per heavy atom. The Hall–Kier alpha value is -4.33. The number of benzene rings is 3. The number of hydrogen-bond acceptors (Lipinski definition) is 5. The molecule has 0 atom stereocenters. The fourth-order valence-corrected chi connectivity index (χ4v) is 4.63. The molecule has 0 radical (unpaired) electrons. The van der Waals surface area contributed by atoms with Gasteiger partial charge in [0.15, 0.2) is 0 Å². The summed E-state index contributed by atoms with van der Waals surface area (Å²) in [5.41, 5.74) is 4.52. The highest BCUT2D eigenvalue weighted by Crippen LogP contribution is 2.44. The third-order valence-corrected chi connectivity index (χ3v) is 6.35. The molecule has 3 aromatic rings. The van der Waals surface area contributed by atoms with Gasteiger partial charge in [-0.15, -0.1) is 0 Å². The van der Waals surface area contributed by atoms with Gasteiger partial charge in [0, 0.05) is 37.7 Å². The van der Waals surface area contributed by atoms with E-state index in [0.29, 0.717) is 5.56 Å². The number of nitrogens with one attached hydrogen (secondary N) is 2. The van der Waals surface area contributed by atoms with Gasteiger partial charge in [0.05, 0.1) is 0 Å². The van der Waals surface area contributed by atoms with Crippen LogP contribution in [0.15, 0.2) is 78.9 Å². The van der Waals surface area contributed by atoms with Crippen molar-refractivity contribution in [3.63, 3.8) is 0 Å². The molecule has 1 aliphatic carbocycles. The van der Waals surface area contributed by atoms with E-state index < -0.39 is 17.8 Å². The van der Waals surface area contributed by atoms with Crippen LogP contribution in [-0.4, -0.2) is 61.4 Å². The largest absolute Gasteiger partial charge is 0.449 e. The molecule has 0 heterocycles. The van der Waals surface area contributed by atoms with Crippen molar-refractivity contribution >= 4 is 18.1 Å². The minimum Gasteiger partial charge on any atom is -0.449 e. The Morgan fingerprint density at radius 2 is 1.26 bits per heavy atom. The van der Waals surface area contributed by atoms with Gasteiger partial charge in [-0.3, -0.25) is 4.79 Å². The lowest BCUT2D eigenvalue weighted by atomic mass is 9.98. The molecule has 0 spiro atoms. The summed E-state index contributed by atoms with van der Waals surface area (Å²) >= 11 is 0. The van der Waals surface area contributed by atoms with Gasteiger partial charge in [-0.2, -0.15) is 0 Å². The van der Waals surface area contributed by atoms with Gasteiger partial charge in [-0.25, -0.2) is 9.59 Å². The molecule has 3 amide bonds. The number of alkyl carbamates (subject to hydrolysis) is 2. The van der Waals surface area contributed by atoms with Gasteiger partial charge in [0.2, 0.25) is 0 Å². The van der Waals surface area contributed by atoms with Crippen LogP contribution in [0.3, 0.4) is 0 Å². The smallest absolute Gasteiger partial charge is 0.407 e. The number of amides is 3. The second-order valence-corrected chi connectivity index (χ2v) is 10.3. The summed E-state index contributed by atoms with van der Waals surface area (Å²) in [6.07, 6.45) is -1.10. The highest BCUT2D eigenvalue weighted by atomic mass is 16.6. The molecule has 0 fully saturated rings. The highest BCUT2D eigenvalue weighted by Gasteiger charge is 2.29. The summed E-state index contributed by atoms with van der Waals surface area (Å²) in [5.74, 6) is -0.228. The van der Waals surface area contributed by atoms with Crippen LogP contribution in [0, 0.1) is 0 Å². The normalized spacial score (nSPS) is 12.2. The second-order valence-electron chi connectivity index (χ2n) is 10.3. The van der Waals surface area contributed by atoms with Gasteiger partial charge in [0.25, 0.3) is 5.91 Å². The van der Waals surface area contributed by atoms with Crippen molar-refractivity contribution in [2.24, 2.45) is 0 Å². The Kier molecular flexibility index (Phi) is 8.86. The summed E-state index contributed by atoms with van der Waals surface area (Å²) in [5, 5.41) is 5.43. The zero-order valence-corrected chi connectivity index (χ0v) is 22.6. The Bertz CT molecular complexity index is 1260. The average molecular weight is 530 g/mol. The molecule has 0 aromatic heterocycles. The van der Waals surface area contributed by atoms with E-state index in [-0.39, 0.29) is 44.6 Å². The molecule has 0 bridgehead atoms. The van der Waals surface area contributed by atoms with Crippen molar-refractivity contribution in [2.45, 2.75) is 32.3 Å². The summed E-state index contributed by atoms with van der Waals surface area (Å²) in [6, 6.07) is 25.2. The van der Waals surface area contributed by atoms with E-state index in [1.165, 1.54) is 0 Å². The van der Waals surface area contributed by atoms with Gasteiger partial charge < -0.3 is 25.0 Å². The van der Waals surface area contributed by atoms with E-state index in [9.17, 15) is 14.4 Å². The van der Waals surface area contributed by atoms with Gasteiger partial charge in [0.1, 0.15) is 12.2 Å². The number of nitrogens with zero attached hydrogens (tertiary/aromatic N) is 1. The number of fused-ring (bicyclic) bond motifs is 3. The monoisotopic (exact) mass is 529 g/mol. The molecule has 8 nitrogen and oxygen atoms in total. The number of ether oxygens (including phenoxy) is 2. The zero-order chi connectivity index (χ0) is 27.8. The van der Waals surface area contributed by atoms with Crippen molar-refractivity contribution < 1.29 is 23.9 Å². The Labute approximate surface area is 229 Å². The van der Waals surface area contributed by atoms with Crippen molar-refractivity contribution in [3.05, 3.63) is 95.6 Å². The molecule has 1 aliphatic rings. The fraction of sp³-hybridized carbons (Fsp3) is 0.323. The predicted molar refractivity (Wildman–Crippen MR) is 150 cm³/mol. The van der Waals surface area contributed by atoms with Gasteiger partial charge >= 0.3 is 12.2 Å². The minimum absolute atomic E-state index is 0.0294. The highest BCUT2D eigenvalue weighted by molar-refractivity contribution is 5.94. The lowest BCUT2D eigenvalue weighted by Gasteiger charge is -2.24. The third kappa shape index (κ3) is 7.37. The third-order valence-electron chi connectivity index (χ3n) is 6.35. The molecular weight excluding hydrogens is 494 g/mol. The first kappa shape index (κ1) is 27.7. The molecule has 0 saturated carbocycles. The summed E-state index contributed by atoms with van der Waals surface area (Å²) in [6.45, 7) is 6.46. The molecule has 4 rings (SSSR count). The first-order chi connectivity index (χ1) is 18.7. The van der Waals surface area contributed by atoms with Gasteiger partial charge in [-0.05, 0) is 55.2 Å². The molecule has 3 aromatic carbocycles. The average Bonchev–Trinajstić information content (AvgIpc) is 3.24. The Balaban J connectivity index is 1.30. The van der Waals surface area contributed by atoms with E-state index in [4.69, 9.17) is 9.47 Å². The van der Waals surface area contributed by atoms with E-state index in [1.807, 2.05) is 30.3 Å². The molecule has 2 N–H and O–H groups in total. The van der Waals surface area contributed by atoms with Crippen molar-refractivity contribution in [3.8, 4) is 11.1 Å². The summed E-state index contributed by atoms with van der Waals surface area (Å²) in [7, 11) is 0. The van der Waals surface area contributed by atoms with Crippen LogP contribution < -0.4 is 10.6 Å². The minimum atomic E-state index is -0.615. The first-order valence-corrected chi connectivity index (χ1v) is 13.1. The number of rotatable bonds is 9. The van der Waals surface area contributed by atoms with Crippen LogP contribution in [0.2, 0.25) is 0 Å². The predicted octanol–water partition coefficient (Wildman–Crippen LogP) is 5.19. The summed E-state index contributed by atoms with van der Waals surface area (Å²) < 4.78 is 10.9. The quantitative estimate of drug-likeness (QED) is 0.398. The molecular formula is C31H35N3O5.